The molecule has 0 aliphatic heterocycles. The molecule has 3 nitrogen and oxygen atoms in total. The lowest BCUT2D eigenvalue weighted by molar-refractivity contribution is 0.240. The summed E-state index contributed by atoms with van der Waals surface area (Å²) < 4.78 is 12.9. The van der Waals surface area contributed by atoms with Crippen LogP contribution in [0.15, 0.2) is 18.2 Å². The maximum atomic E-state index is 12.9. The summed E-state index contributed by atoms with van der Waals surface area (Å²) >= 11 is 0. The Morgan fingerprint density at radius 2 is 2.24 bits per heavy atom. The van der Waals surface area contributed by atoms with Gasteiger partial charge >= 0.3 is 6.03 Å². The number of urea groups is 1. The lowest BCUT2D eigenvalue weighted by Crippen LogP contribution is -2.37. The van der Waals surface area contributed by atoms with Gasteiger partial charge < -0.3 is 10.6 Å². The lowest BCUT2D eigenvalue weighted by Gasteiger charge is -2.08. The predicted octanol–water partition coefficient (Wildman–Crippen LogP) is 2.14. The van der Waals surface area contributed by atoms with Gasteiger partial charge in [-0.05, 0) is 49.4 Å². The third-order valence-electron chi connectivity index (χ3n) is 2.90. The van der Waals surface area contributed by atoms with Gasteiger partial charge in [0.05, 0.1) is 0 Å². The molecule has 4 heteroatoms. The summed E-state index contributed by atoms with van der Waals surface area (Å²) in [5.41, 5.74) is 1.99. The molecule has 0 atom stereocenters. The molecule has 0 bridgehead atoms. The van der Waals surface area contributed by atoms with Crippen LogP contribution in [0.5, 0.6) is 0 Å². The van der Waals surface area contributed by atoms with Crippen LogP contribution in [0.1, 0.15) is 24.0 Å². The van der Waals surface area contributed by atoms with E-state index in [0.717, 1.165) is 30.4 Å². The van der Waals surface area contributed by atoms with E-state index in [0.29, 0.717) is 12.6 Å². The highest BCUT2D eigenvalue weighted by molar-refractivity contribution is 5.74. The van der Waals surface area contributed by atoms with Gasteiger partial charge in [-0.1, -0.05) is 6.07 Å². The average molecular weight is 236 g/mol. The summed E-state index contributed by atoms with van der Waals surface area (Å²) in [7, 11) is 0. The van der Waals surface area contributed by atoms with E-state index in [9.17, 15) is 9.18 Å². The molecule has 1 saturated carbocycles. The molecular formula is C13H17FN2O. The summed E-state index contributed by atoms with van der Waals surface area (Å²) in [5, 5.41) is 5.65. The average Bonchev–Trinajstić information content (AvgIpc) is 3.05. The van der Waals surface area contributed by atoms with E-state index in [4.69, 9.17) is 0 Å². The fraction of sp³-hybridized carbons (Fsp3) is 0.462. The Bertz CT molecular complexity index is 416. The molecular weight excluding hydrogens is 219 g/mol. The maximum Gasteiger partial charge on any atom is 0.315 e. The molecule has 0 aromatic heterocycles. The van der Waals surface area contributed by atoms with Crippen molar-refractivity contribution in [2.75, 3.05) is 6.54 Å². The van der Waals surface area contributed by atoms with Gasteiger partial charge in [0.1, 0.15) is 5.82 Å². The van der Waals surface area contributed by atoms with Gasteiger partial charge in [-0.15, -0.1) is 0 Å². The third-order valence-corrected chi connectivity index (χ3v) is 2.90. The van der Waals surface area contributed by atoms with Crippen LogP contribution in [0.4, 0.5) is 9.18 Å². The largest absolute Gasteiger partial charge is 0.338 e. The van der Waals surface area contributed by atoms with Gasteiger partial charge in [-0.2, -0.15) is 0 Å². The first-order valence-corrected chi connectivity index (χ1v) is 5.94. The summed E-state index contributed by atoms with van der Waals surface area (Å²) in [5.74, 6) is -0.217. The summed E-state index contributed by atoms with van der Waals surface area (Å²) in [4.78, 5) is 11.3. The number of carbonyl (C=O) groups is 1. The number of rotatable bonds is 4. The topological polar surface area (TPSA) is 41.1 Å². The number of aryl methyl sites for hydroxylation is 1. The van der Waals surface area contributed by atoms with Crippen molar-refractivity contribution >= 4 is 6.03 Å². The minimum atomic E-state index is -0.217. The SMILES string of the molecule is Cc1cc(F)ccc1CCNC(=O)NC1CC1. The van der Waals surface area contributed by atoms with Crippen LogP contribution in [0.3, 0.4) is 0 Å². The molecule has 1 fully saturated rings. The van der Waals surface area contributed by atoms with Crippen LogP contribution in [-0.2, 0) is 6.42 Å². The van der Waals surface area contributed by atoms with Gasteiger partial charge in [0.25, 0.3) is 0 Å². The van der Waals surface area contributed by atoms with Crippen molar-refractivity contribution in [2.45, 2.75) is 32.2 Å². The Balaban J connectivity index is 1.75. The Labute approximate surface area is 100 Å². The molecule has 1 aromatic carbocycles. The molecule has 92 valence electrons. The van der Waals surface area contributed by atoms with Crippen LogP contribution >= 0.6 is 0 Å². The maximum absolute atomic E-state index is 12.9. The molecule has 0 heterocycles. The van der Waals surface area contributed by atoms with Crippen molar-refractivity contribution in [3.63, 3.8) is 0 Å². The molecule has 2 N–H and O–H groups in total. The molecule has 0 unspecified atom stereocenters. The Morgan fingerprint density at radius 3 is 2.88 bits per heavy atom. The van der Waals surface area contributed by atoms with Crippen LogP contribution in [0, 0.1) is 12.7 Å². The number of hydrogen-bond donors (Lipinski definition) is 2. The van der Waals surface area contributed by atoms with E-state index in [1.54, 1.807) is 6.07 Å². The van der Waals surface area contributed by atoms with Crippen LogP contribution in [-0.4, -0.2) is 18.6 Å². The molecule has 0 spiro atoms. The number of halogens is 1. The molecule has 0 radical (unpaired) electrons. The molecule has 0 saturated heterocycles. The number of carbonyl (C=O) groups excluding carboxylic acids is 1. The Hall–Kier alpha value is -1.58. The van der Waals surface area contributed by atoms with Crippen molar-refractivity contribution in [1.29, 1.82) is 0 Å². The van der Waals surface area contributed by atoms with Crippen LogP contribution < -0.4 is 10.6 Å². The van der Waals surface area contributed by atoms with Gasteiger partial charge in [-0.3, -0.25) is 0 Å². The van der Waals surface area contributed by atoms with E-state index < -0.39 is 0 Å². The van der Waals surface area contributed by atoms with E-state index in [2.05, 4.69) is 10.6 Å². The Morgan fingerprint density at radius 1 is 1.47 bits per heavy atom. The second-order valence-electron chi connectivity index (χ2n) is 4.50. The first-order valence-electron chi connectivity index (χ1n) is 5.94. The van der Waals surface area contributed by atoms with Crippen LogP contribution in [0.25, 0.3) is 0 Å². The molecule has 2 rings (SSSR count). The third kappa shape index (κ3) is 3.73. The van der Waals surface area contributed by atoms with Gasteiger partial charge in [0.15, 0.2) is 0 Å². The zero-order valence-electron chi connectivity index (χ0n) is 9.92. The van der Waals surface area contributed by atoms with Crippen molar-refractivity contribution in [3.8, 4) is 0 Å². The highest BCUT2D eigenvalue weighted by Crippen LogP contribution is 2.18. The van der Waals surface area contributed by atoms with E-state index in [1.807, 2.05) is 6.92 Å². The standard InChI is InChI=1S/C13H17FN2O/c1-9-8-11(14)3-2-10(9)6-7-15-13(17)16-12-4-5-12/h2-3,8,12H,4-7H2,1H3,(H2,15,16,17). The van der Waals surface area contributed by atoms with Crippen LogP contribution in [0.2, 0.25) is 0 Å². The normalized spacial score (nSPS) is 14.5. The molecule has 2 amide bonds. The summed E-state index contributed by atoms with van der Waals surface area (Å²) in [6.07, 6.45) is 2.90. The number of hydrogen-bond acceptors (Lipinski definition) is 1. The van der Waals surface area contributed by atoms with E-state index >= 15 is 0 Å². The Kier molecular flexibility index (Phi) is 3.61. The molecule has 1 aliphatic rings. The van der Waals surface area contributed by atoms with Gasteiger partial charge in [0.2, 0.25) is 0 Å². The molecule has 17 heavy (non-hydrogen) atoms. The highest BCUT2D eigenvalue weighted by atomic mass is 19.1. The fourth-order valence-corrected chi connectivity index (χ4v) is 1.71. The lowest BCUT2D eigenvalue weighted by atomic mass is 10.1. The smallest absolute Gasteiger partial charge is 0.315 e. The zero-order chi connectivity index (χ0) is 12.3. The second kappa shape index (κ2) is 5.17. The quantitative estimate of drug-likeness (QED) is 0.826. The summed E-state index contributed by atoms with van der Waals surface area (Å²) in [6, 6.07) is 5.01. The first kappa shape index (κ1) is 11.9. The monoisotopic (exact) mass is 236 g/mol. The predicted molar refractivity (Wildman–Crippen MR) is 64.4 cm³/mol. The van der Waals surface area contributed by atoms with Crippen molar-refractivity contribution < 1.29 is 9.18 Å². The second-order valence-corrected chi connectivity index (χ2v) is 4.50. The van der Waals surface area contributed by atoms with Gasteiger partial charge in [-0.25, -0.2) is 9.18 Å². The summed E-state index contributed by atoms with van der Waals surface area (Å²) in [6.45, 7) is 2.45. The molecule has 1 aromatic rings. The number of benzene rings is 1. The van der Waals surface area contributed by atoms with E-state index in [1.165, 1.54) is 12.1 Å². The highest BCUT2D eigenvalue weighted by Gasteiger charge is 2.22. The first-order chi connectivity index (χ1) is 8.15. The van der Waals surface area contributed by atoms with E-state index in [-0.39, 0.29) is 11.8 Å². The minimum absolute atomic E-state index is 0.104. The number of amides is 2. The van der Waals surface area contributed by atoms with Gasteiger partial charge in [0, 0.05) is 12.6 Å². The van der Waals surface area contributed by atoms with Crippen molar-refractivity contribution in [2.24, 2.45) is 0 Å². The number of nitrogens with one attached hydrogen (secondary N) is 2. The van der Waals surface area contributed by atoms with Crippen molar-refractivity contribution in [3.05, 3.63) is 35.1 Å². The van der Waals surface area contributed by atoms with Crippen molar-refractivity contribution in [1.82, 2.24) is 10.6 Å². The minimum Gasteiger partial charge on any atom is -0.338 e. The fourth-order valence-electron chi connectivity index (χ4n) is 1.71. The molecule has 1 aliphatic carbocycles. The zero-order valence-corrected chi connectivity index (χ0v) is 9.92.